The number of carbonyl (C=O) groups is 2. The van der Waals surface area contributed by atoms with Gasteiger partial charge < -0.3 is 15.2 Å². The van der Waals surface area contributed by atoms with Gasteiger partial charge >= 0.3 is 5.97 Å². The molecule has 0 aliphatic rings. The minimum atomic E-state index is -1.10. The van der Waals surface area contributed by atoms with Crippen molar-refractivity contribution in [3.63, 3.8) is 0 Å². The molecule has 2 N–H and O–H groups in total. The molecule has 0 fully saturated rings. The van der Waals surface area contributed by atoms with Crippen molar-refractivity contribution >= 4 is 17.6 Å². The molecule has 1 amide bonds. The number of rotatable bonds is 5. The largest absolute Gasteiger partial charge is 0.497 e. The lowest BCUT2D eigenvalue weighted by atomic mass is 10.0. The van der Waals surface area contributed by atoms with E-state index < -0.39 is 5.97 Å². The van der Waals surface area contributed by atoms with Crippen LogP contribution in [0.1, 0.15) is 20.7 Å². The molecule has 0 aliphatic carbocycles. The van der Waals surface area contributed by atoms with Crippen LogP contribution in [-0.2, 0) is 0 Å². The molecule has 0 saturated carbocycles. The predicted molar refractivity (Wildman–Crippen MR) is 99.8 cm³/mol. The second-order valence-corrected chi connectivity index (χ2v) is 5.61. The fourth-order valence-corrected chi connectivity index (χ4v) is 2.58. The number of carboxylic acid groups (broad SMARTS) is 1. The van der Waals surface area contributed by atoms with Crippen LogP contribution >= 0.6 is 0 Å². The third-order valence-electron chi connectivity index (χ3n) is 3.96. The normalized spacial score (nSPS) is 10.2. The number of carboxylic acids is 1. The summed E-state index contributed by atoms with van der Waals surface area (Å²) in [5.41, 5.74) is 2.45. The van der Waals surface area contributed by atoms with Crippen molar-refractivity contribution in [2.24, 2.45) is 0 Å². The van der Waals surface area contributed by atoms with Gasteiger partial charge in [0.05, 0.1) is 18.4 Å². The van der Waals surface area contributed by atoms with E-state index in [1.807, 2.05) is 30.3 Å². The van der Waals surface area contributed by atoms with Crippen LogP contribution in [0.15, 0.2) is 72.8 Å². The molecule has 3 aromatic rings. The fraction of sp³-hybridized carbons (Fsp3) is 0.0476. The van der Waals surface area contributed by atoms with E-state index in [0.29, 0.717) is 11.3 Å². The van der Waals surface area contributed by atoms with Gasteiger partial charge in [0.2, 0.25) is 0 Å². The SMILES string of the molecule is COc1ccc(C(=O)Nc2cc(-c3ccccc3)ccc2C(=O)O)cc1. The highest BCUT2D eigenvalue weighted by Gasteiger charge is 2.15. The third-order valence-corrected chi connectivity index (χ3v) is 3.96. The second-order valence-electron chi connectivity index (χ2n) is 5.61. The quantitative estimate of drug-likeness (QED) is 0.721. The highest BCUT2D eigenvalue weighted by atomic mass is 16.5. The first-order valence-corrected chi connectivity index (χ1v) is 7.96. The molecular weight excluding hydrogens is 330 g/mol. The van der Waals surface area contributed by atoms with Gasteiger partial charge in [-0.25, -0.2) is 4.79 Å². The average molecular weight is 347 g/mol. The van der Waals surface area contributed by atoms with Crippen LogP contribution in [0.4, 0.5) is 5.69 Å². The van der Waals surface area contributed by atoms with E-state index in [-0.39, 0.29) is 17.2 Å². The van der Waals surface area contributed by atoms with Crippen molar-refractivity contribution in [3.8, 4) is 16.9 Å². The van der Waals surface area contributed by atoms with Crippen molar-refractivity contribution in [1.82, 2.24) is 0 Å². The van der Waals surface area contributed by atoms with E-state index in [1.54, 1.807) is 43.5 Å². The summed E-state index contributed by atoms with van der Waals surface area (Å²) in [6.45, 7) is 0. The summed E-state index contributed by atoms with van der Waals surface area (Å²) in [6, 6.07) is 21.0. The molecule has 0 radical (unpaired) electrons. The van der Waals surface area contributed by atoms with Gasteiger partial charge in [-0.15, -0.1) is 0 Å². The third kappa shape index (κ3) is 3.72. The van der Waals surface area contributed by atoms with E-state index in [0.717, 1.165) is 11.1 Å². The molecule has 0 unspecified atom stereocenters. The van der Waals surface area contributed by atoms with Crippen LogP contribution in [0.25, 0.3) is 11.1 Å². The molecule has 0 saturated heterocycles. The van der Waals surface area contributed by atoms with Crippen LogP contribution < -0.4 is 10.1 Å². The van der Waals surface area contributed by atoms with Gasteiger partial charge in [-0.1, -0.05) is 36.4 Å². The van der Waals surface area contributed by atoms with Gasteiger partial charge in [0.15, 0.2) is 0 Å². The molecule has 26 heavy (non-hydrogen) atoms. The van der Waals surface area contributed by atoms with Gasteiger partial charge in [0.1, 0.15) is 5.75 Å². The molecule has 0 bridgehead atoms. The first-order chi connectivity index (χ1) is 12.6. The summed E-state index contributed by atoms with van der Waals surface area (Å²) < 4.78 is 5.07. The molecule has 0 atom stereocenters. The Hall–Kier alpha value is -3.60. The van der Waals surface area contributed by atoms with Crippen molar-refractivity contribution in [3.05, 3.63) is 83.9 Å². The van der Waals surface area contributed by atoms with Gasteiger partial charge in [0, 0.05) is 5.56 Å². The van der Waals surface area contributed by atoms with E-state index in [2.05, 4.69) is 5.32 Å². The van der Waals surface area contributed by atoms with E-state index >= 15 is 0 Å². The van der Waals surface area contributed by atoms with Crippen LogP contribution in [-0.4, -0.2) is 24.1 Å². The summed E-state index contributed by atoms with van der Waals surface area (Å²) in [5.74, 6) is -0.853. The Kier molecular flexibility index (Phi) is 4.99. The zero-order chi connectivity index (χ0) is 18.5. The van der Waals surface area contributed by atoms with Crippen LogP contribution in [0, 0.1) is 0 Å². The highest BCUT2D eigenvalue weighted by molar-refractivity contribution is 6.08. The first kappa shape index (κ1) is 17.2. The first-order valence-electron chi connectivity index (χ1n) is 7.96. The van der Waals surface area contributed by atoms with Gasteiger partial charge in [0.25, 0.3) is 5.91 Å². The zero-order valence-corrected chi connectivity index (χ0v) is 14.1. The Labute approximate surface area is 150 Å². The lowest BCUT2D eigenvalue weighted by Crippen LogP contribution is -2.15. The highest BCUT2D eigenvalue weighted by Crippen LogP contribution is 2.26. The Bertz CT molecular complexity index is 934. The number of aromatic carboxylic acids is 1. The van der Waals surface area contributed by atoms with Crippen molar-refractivity contribution in [1.29, 1.82) is 0 Å². The van der Waals surface area contributed by atoms with Gasteiger partial charge in [-0.2, -0.15) is 0 Å². The maximum atomic E-state index is 12.5. The minimum absolute atomic E-state index is 0.0338. The predicted octanol–water partition coefficient (Wildman–Crippen LogP) is 4.31. The number of methoxy groups -OCH3 is 1. The van der Waals surface area contributed by atoms with Crippen LogP contribution in [0.2, 0.25) is 0 Å². The molecule has 5 nitrogen and oxygen atoms in total. The molecule has 0 heterocycles. The average Bonchev–Trinajstić information content (AvgIpc) is 2.68. The number of anilines is 1. The molecule has 0 spiro atoms. The van der Waals surface area contributed by atoms with Crippen LogP contribution in [0.5, 0.6) is 5.75 Å². The van der Waals surface area contributed by atoms with E-state index in [4.69, 9.17) is 4.74 Å². The molecule has 0 aromatic heterocycles. The number of amides is 1. The molecule has 3 aromatic carbocycles. The van der Waals surface area contributed by atoms with Crippen molar-refractivity contribution < 1.29 is 19.4 Å². The summed E-state index contributed by atoms with van der Waals surface area (Å²) in [5, 5.41) is 12.1. The zero-order valence-electron chi connectivity index (χ0n) is 14.1. The summed E-state index contributed by atoms with van der Waals surface area (Å²) in [7, 11) is 1.54. The Morgan fingerprint density at radius 3 is 2.19 bits per heavy atom. The summed E-state index contributed by atoms with van der Waals surface area (Å²) >= 11 is 0. The lowest BCUT2D eigenvalue weighted by molar-refractivity contribution is 0.0698. The number of hydrogen-bond donors (Lipinski definition) is 2. The van der Waals surface area contributed by atoms with E-state index in [1.165, 1.54) is 6.07 Å². The van der Waals surface area contributed by atoms with E-state index in [9.17, 15) is 14.7 Å². The lowest BCUT2D eigenvalue weighted by Gasteiger charge is -2.11. The van der Waals surface area contributed by atoms with Crippen LogP contribution in [0.3, 0.4) is 0 Å². The summed E-state index contributed by atoms with van der Waals surface area (Å²) in [6.07, 6.45) is 0. The topological polar surface area (TPSA) is 75.6 Å². The summed E-state index contributed by atoms with van der Waals surface area (Å²) in [4.78, 5) is 24.0. The molecule has 0 aliphatic heterocycles. The van der Waals surface area contributed by atoms with Crippen molar-refractivity contribution in [2.45, 2.75) is 0 Å². The minimum Gasteiger partial charge on any atom is -0.497 e. The number of carbonyl (C=O) groups excluding carboxylic acids is 1. The number of nitrogens with one attached hydrogen (secondary N) is 1. The Morgan fingerprint density at radius 2 is 1.58 bits per heavy atom. The maximum Gasteiger partial charge on any atom is 0.337 e. The van der Waals surface area contributed by atoms with Gasteiger partial charge in [-0.05, 0) is 47.5 Å². The molecule has 3 rings (SSSR count). The second kappa shape index (κ2) is 7.53. The number of benzene rings is 3. The molecule has 130 valence electrons. The van der Waals surface area contributed by atoms with Gasteiger partial charge in [-0.3, -0.25) is 4.79 Å². The Morgan fingerprint density at radius 1 is 0.885 bits per heavy atom. The standard InChI is InChI=1S/C21H17NO4/c1-26-17-10-7-15(8-11-17)20(23)22-19-13-16(9-12-18(19)21(24)25)14-5-3-2-4-6-14/h2-13H,1H3,(H,22,23)(H,24,25). The smallest absolute Gasteiger partial charge is 0.337 e. The van der Waals surface area contributed by atoms with Crippen molar-refractivity contribution in [2.75, 3.05) is 12.4 Å². The molecule has 5 heteroatoms. The fourth-order valence-electron chi connectivity index (χ4n) is 2.58. The Balaban J connectivity index is 1.93. The monoisotopic (exact) mass is 347 g/mol. The number of hydrogen-bond acceptors (Lipinski definition) is 3. The molecular formula is C21H17NO4. The number of ether oxygens (including phenoxy) is 1. The maximum absolute atomic E-state index is 12.5.